The van der Waals surface area contributed by atoms with E-state index >= 15 is 0 Å². The van der Waals surface area contributed by atoms with Gasteiger partial charge in [0, 0.05) is 18.4 Å². The minimum absolute atomic E-state index is 0.130. The van der Waals surface area contributed by atoms with Crippen molar-refractivity contribution in [3.8, 4) is 0 Å². The van der Waals surface area contributed by atoms with E-state index in [0.717, 1.165) is 18.9 Å². The molecule has 1 amide bonds. The number of carbonyl (C=O) groups excluding carboxylic acids is 1. The van der Waals surface area contributed by atoms with Crippen LogP contribution >= 0.6 is 0 Å². The Morgan fingerprint density at radius 2 is 2.14 bits per heavy atom. The molecule has 1 fully saturated rings. The van der Waals surface area contributed by atoms with Gasteiger partial charge in [0.05, 0.1) is 11.4 Å². The van der Waals surface area contributed by atoms with Crippen LogP contribution in [0.25, 0.3) is 0 Å². The number of hydrogen-bond acceptors (Lipinski definition) is 3. The number of carbonyl (C=O) groups is 1. The van der Waals surface area contributed by atoms with Crippen molar-refractivity contribution in [3.63, 3.8) is 0 Å². The lowest BCUT2D eigenvalue weighted by atomic mass is 10.2. The van der Waals surface area contributed by atoms with Crippen LogP contribution in [0.5, 0.6) is 0 Å². The molecule has 21 heavy (non-hydrogen) atoms. The molecule has 1 aliphatic rings. The molecule has 1 aromatic heterocycles. The highest BCUT2D eigenvalue weighted by atomic mass is 19.1. The quantitative estimate of drug-likeness (QED) is 0.834. The van der Waals surface area contributed by atoms with E-state index in [1.54, 1.807) is 17.0 Å². The summed E-state index contributed by atoms with van der Waals surface area (Å²) in [4.78, 5) is 24.0. The Kier molecular flexibility index (Phi) is 3.25. The molecular weight excluding hydrogens is 275 g/mol. The maximum atomic E-state index is 13.1. The summed E-state index contributed by atoms with van der Waals surface area (Å²) < 4.78 is 16.1. The molecule has 3 N–H and O–H groups in total. The Labute approximate surface area is 120 Å². The number of hydrogen-bond donors (Lipinski definition) is 2. The highest BCUT2D eigenvalue weighted by Crippen LogP contribution is 2.33. The van der Waals surface area contributed by atoms with Gasteiger partial charge in [-0.2, -0.15) is 0 Å². The summed E-state index contributed by atoms with van der Waals surface area (Å²) in [5, 5.41) is 2.51. The second-order valence-corrected chi connectivity index (χ2v) is 5.13. The molecule has 1 heterocycles. The fourth-order valence-electron chi connectivity index (χ4n) is 2.16. The van der Waals surface area contributed by atoms with Gasteiger partial charge in [-0.05, 0) is 31.0 Å². The number of benzene rings is 1. The number of nitrogens with zero attached hydrogens (tertiary/aromatic N) is 2. The lowest BCUT2D eigenvalue weighted by Gasteiger charge is -2.08. The summed E-state index contributed by atoms with van der Waals surface area (Å²) in [5.41, 5.74) is 5.93. The van der Waals surface area contributed by atoms with Gasteiger partial charge >= 0.3 is 5.69 Å². The molecule has 0 unspecified atom stereocenters. The molecule has 1 aromatic carbocycles. The number of anilines is 2. The number of imidazole rings is 1. The number of nitrogen functional groups attached to an aromatic ring is 1. The molecule has 3 rings (SSSR count). The zero-order valence-electron chi connectivity index (χ0n) is 11.3. The van der Waals surface area contributed by atoms with Gasteiger partial charge in [-0.1, -0.05) is 0 Å². The van der Waals surface area contributed by atoms with E-state index in [1.165, 1.54) is 16.7 Å². The summed E-state index contributed by atoms with van der Waals surface area (Å²) in [6.07, 6.45) is 5.25. The van der Waals surface area contributed by atoms with Gasteiger partial charge in [-0.25, -0.2) is 9.18 Å². The van der Waals surface area contributed by atoms with Crippen LogP contribution in [0.3, 0.4) is 0 Å². The van der Waals surface area contributed by atoms with Crippen LogP contribution in [0.1, 0.15) is 18.9 Å². The van der Waals surface area contributed by atoms with Crippen molar-refractivity contribution < 1.29 is 9.18 Å². The molecule has 2 aromatic rings. The van der Waals surface area contributed by atoms with Crippen molar-refractivity contribution in [1.82, 2.24) is 9.13 Å². The smallest absolute Gasteiger partial charge is 0.328 e. The molecule has 110 valence electrons. The zero-order chi connectivity index (χ0) is 15.0. The molecule has 6 nitrogen and oxygen atoms in total. The highest BCUT2D eigenvalue weighted by Gasteiger charge is 2.25. The molecule has 7 heteroatoms. The first-order valence-corrected chi connectivity index (χ1v) is 6.67. The van der Waals surface area contributed by atoms with Gasteiger partial charge < -0.3 is 11.1 Å². The first kappa shape index (κ1) is 13.4. The Bertz CT molecular complexity index is 746. The van der Waals surface area contributed by atoms with Crippen molar-refractivity contribution in [3.05, 3.63) is 46.9 Å². The van der Waals surface area contributed by atoms with Crippen LogP contribution < -0.4 is 16.7 Å². The van der Waals surface area contributed by atoms with Gasteiger partial charge in [-0.3, -0.25) is 13.9 Å². The topological polar surface area (TPSA) is 82.0 Å². The van der Waals surface area contributed by atoms with E-state index < -0.39 is 11.7 Å². The number of aromatic nitrogens is 2. The SMILES string of the molecule is Nc1ccc(F)cc1NC(=O)Cn1ccn(C2CC2)c1=O. The monoisotopic (exact) mass is 290 g/mol. The Morgan fingerprint density at radius 3 is 2.86 bits per heavy atom. The molecule has 0 bridgehead atoms. The van der Waals surface area contributed by atoms with Gasteiger partial charge in [-0.15, -0.1) is 0 Å². The molecule has 0 saturated heterocycles. The van der Waals surface area contributed by atoms with Crippen LogP contribution in [-0.2, 0) is 11.3 Å². The summed E-state index contributed by atoms with van der Waals surface area (Å²) in [6, 6.07) is 4.00. The fourth-order valence-corrected chi connectivity index (χ4v) is 2.16. The van der Waals surface area contributed by atoms with Crippen LogP contribution in [0, 0.1) is 5.82 Å². The van der Waals surface area contributed by atoms with Crippen LogP contribution in [0.4, 0.5) is 15.8 Å². The standard InChI is InChI=1S/C14H15FN4O2/c15-9-1-4-11(16)12(7-9)17-13(20)8-18-5-6-19(14(18)21)10-2-3-10/h1,4-7,10H,2-3,8,16H2,(H,17,20). The molecule has 1 aliphatic carbocycles. The third-order valence-electron chi connectivity index (χ3n) is 3.42. The lowest BCUT2D eigenvalue weighted by Crippen LogP contribution is -2.29. The fraction of sp³-hybridized carbons (Fsp3) is 0.286. The third kappa shape index (κ3) is 2.81. The Morgan fingerprint density at radius 1 is 1.38 bits per heavy atom. The molecular formula is C14H15FN4O2. The Balaban J connectivity index is 1.72. The normalized spacial score (nSPS) is 14.1. The van der Waals surface area contributed by atoms with E-state index in [9.17, 15) is 14.0 Å². The predicted molar refractivity (Wildman–Crippen MR) is 76.4 cm³/mol. The largest absolute Gasteiger partial charge is 0.397 e. The van der Waals surface area contributed by atoms with Crippen LogP contribution in [0.15, 0.2) is 35.4 Å². The van der Waals surface area contributed by atoms with E-state index in [0.29, 0.717) is 0 Å². The number of amides is 1. The molecule has 0 spiro atoms. The third-order valence-corrected chi connectivity index (χ3v) is 3.42. The first-order valence-electron chi connectivity index (χ1n) is 6.67. The van der Waals surface area contributed by atoms with Gasteiger partial charge in [0.15, 0.2) is 0 Å². The zero-order valence-corrected chi connectivity index (χ0v) is 11.3. The van der Waals surface area contributed by atoms with E-state index in [1.807, 2.05) is 0 Å². The first-order chi connectivity index (χ1) is 10.0. The highest BCUT2D eigenvalue weighted by molar-refractivity contribution is 5.93. The molecule has 1 saturated carbocycles. The van der Waals surface area contributed by atoms with Crippen molar-refractivity contribution in [2.75, 3.05) is 11.1 Å². The number of halogens is 1. The maximum absolute atomic E-state index is 13.1. The van der Waals surface area contributed by atoms with Crippen molar-refractivity contribution in [2.24, 2.45) is 0 Å². The lowest BCUT2D eigenvalue weighted by molar-refractivity contribution is -0.116. The molecule has 0 atom stereocenters. The van der Waals surface area contributed by atoms with E-state index in [-0.39, 0.29) is 29.7 Å². The minimum Gasteiger partial charge on any atom is -0.397 e. The molecule has 0 radical (unpaired) electrons. The van der Waals surface area contributed by atoms with E-state index in [4.69, 9.17) is 5.73 Å². The minimum atomic E-state index is -0.489. The van der Waals surface area contributed by atoms with Gasteiger partial charge in [0.1, 0.15) is 12.4 Å². The van der Waals surface area contributed by atoms with Crippen molar-refractivity contribution in [1.29, 1.82) is 0 Å². The number of nitrogens with two attached hydrogens (primary N) is 1. The predicted octanol–water partition coefficient (Wildman–Crippen LogP) is 1.34. The Hall–Kier alpha value is -2.57. The summed E-state index contributed by atoms with van der Waals surface area (Å²) in [6.45, 7) is -0.130. The second-order valence-electron chi connectivity index (χ2n) is 5.13. The maximum Gasteiger partial charge on any atom is 0.328 e. The van der Waals surface area contributed by atoms with Crippen molar-refractivity contribution >= 4 is 17.3 Å². The molecule has 0 aliphatic heterocycles. The summed E-state index contributed by atoms with van der Waals surface area (Å²) >= 11 is 0. The summed E-state index contributed by atoms with van der Waals surface area (Å²) in [7, 11) is 0. The average molecular weight is 290 g/mol. The van der Waals surface area contributed by atoms with E-state index in [2.05, 4.69) is 5.32 Å². The second kappa shape index (κ2) is 5.08. The number of nitrogens with one attached hydrogen (secondary N) is 1. The van der Waals surface area contributed by atoms with Crippen molar-refractivity contribution in [2.45, 2.75) is 25.4 Å². The average Bonchev–Trinajstić information content (AvgIpc) is 3.21. The van der Waals surface area contributed by atoms with Crippen LogP contribution in [0.2, 0.25) is 0 Å². The van der Waals surface area contributed by atoms with Gasteiger partial charge in [0.25, 0.3) is 0 Å². The van der Waals surface area contributed by atoms with Crippen LogP contribution in [-0.4, -0.2) is 15.0 Å². The number of rotatable bonds is 4. The van der Waals surface area contributed by atoms with Gasteiger partial charge in [0.2, 0.25) is 5.91 Å². The summed E-state index contributed by atoms with van der Waals surface area (Å²) in [5.74, 6) is -0.917.